The van der Waals surface area contributed by atoms with Crippen molar-refractivity contribution in [3.8, 4) is 0 Å². The zero-order valence-electron chi connectivity index (χ0n) is 14.6. The Balaban J connectivity index is 1.86. The molecule has 5 heteroatoms. The van der Waals surface area contributed by atoms with Crippen molar-refractivity contribution in [1.29, 1.82) is 0 Å². The average molecular weight is 410 g/mol. The summed E-state index contributed by atoms with van der Waals surface area (Å²) in [4.78, 5) is 14.6. The Bertz CT molecular complexity index is 1120. The molecule has 0 aliphatic carbocycles. The van der Waals surface area contributed by atoms with E-state index in [4.69, 9.17) is 23.2 Å². The van der Waals surface area contributed by atoms with E-state index >= 15 is 0 Å². The SMILES string of the molecule is O=C1/C(=C/c2ccc(Cl)cc2Cl)C=C(c2ccccc2)N1c1ccccc1F. The number of benzene rings is 3. The molecule has 1 aliphatic heterocycles. The van der Waals surface area contributed by atoms with Gasteiger partial charge in [0, 0.05) is 15.6 Å². The average Bonchev–Trinajstić information content (AvgIpc) is 3.01. The smallest absolute Gasteiger partial charge is 0.263 e. The zero-order chi connectivity index (χ0) is 19.7. The highest BCUT2D eigenvalue weighted by Gasteiger charge is 2.32. The largest absolute Gasteiger partial charge is 0.273 e. The number of anilines is 1. The molecule has 2 nitrogen and oxygen atoms in total. The number of halogens is 3. The molecule has 28 heavy (non-hydrogen) atoms. The van der Waals surface area contributed by atoms with E-state index < -0.39 is 5.82 Å². The Morgan fingerprint density at radius 3 is 2.32 bits per heavy atom. The van der Waals surface area contributed by atoms with Crippen molar-refractivity contribution in [3.63, 3.8) is 0 Å². The van der Waals surface area contributed by atoms with Crippen molar-refractivity contribution in [3.05, 3.63) is 111 Å². The second kappa shape index (κ2) is 7.63. The number of carbonyl (C=O) groups excluding carboxylic acids is 1. The molecular weight excluding hydrogens is 396 g/mol. The predicted molar refractivity (Wildman–Crippen MR) is 113 cm³/mol. The monoisotopic (exact) mass is 409 g/mol. The van der Waals surface area contributed by atoms with E-state index in [1.807, 2.05) is 30.3 Å². The Kier molecular flexibility index (Phi) is 5.03. The summed E-state index contributed by atoms with van der Waals surface area (Å²) in [6.07, 6.45) is 3.43. The maximum absolute atomic E-state index is 14.5. The molecule has 0 spiro atoms. The van der Waals surface area contributed by atoms with E-state index in [9.17, 15) is 9.18 Å². The van der Waals surface area contributed by atoms with Crippen LogP contribution in [-0.2, 0) is 4.79 Å². The molecular formula is C23H14Cl2FNO. The van der Waals surface area contributed by atoms with Crippen molar-refractivity contribution >= 4 is 46.6 Å². The number of hydrogen-bond donors (Lipinski definition) is 0. The lowest BCUT2D eigenvalue weighted by molar-refractivity contribution is -0.113. The van der Waals surface area contributed by atoms with Crippen LogP contribution in [0.1, 0.15) is 11.1 Å². The summed E-state index contributed by atoms with van der Waals surface area (Å²) in [5.41, 5.74) is 2.68. The molecule has 1 heterocycles. The number of amides is 1. The molecule has 0 atom stereocenters. The Morgan fingerprint density at radius 2 is 1.61 bits per heavy atom. The van der Waals surface area contributed by atoms with Gasteiger partial charge in [0.05, 0.1) is 11.4 Å². The maximum atomic E-state index is 14.5. The Morgan fingerprint density at radius 1 is 0.893 bits per heavy atom. The van der Waals surface area contributed by atoms with Crippen LogP contribution in [-0.4, -0.2) is 5.91 Å². The normalized spacial score (nSPS) is 15.2. The van der Waals surface area contributed by atoms with Crippen molar-refractivity contribution in [2.45, 2.75) is 0 Å². The van der Waals surface area contributed by atoms with Gasteiger partial charge in [-0.2, -0.15) is 0 Å². The summed E-state index contributed by atoms with van der Waals surface area (Å²) in [5.74, 6) is -0.793. The number of carbonyl (C=O) groups is 1. The quantitative estimate of drug-likeness (QED) is 0.446. The van der Waals surface area contributed by atoms with Crippen LogP contribution in [0.5, 0.6) is 0 Å². The minimum atomic E-state index is -0.469. The third kappa shape index (κ3) is 3.47. The first kappa shape index (κ1) is 18.5. The summed E-state index contributed by atoms with van der Waals surface area (Å²) < 4.78 is 14.5. The molecule has 1 amide bonds. The fourth-order valence-electron chi connectivity index (χ4n) is 3.10. The first-order valence-electron chi connectivity index (χ1n) is 8.57. The van der Waals surface area contributed by atoms with Crippen LogP contribution in [0.15, 0.2) is 84.4 Å². The van der Waals surface area contributed by atoms with Crippen LogP contribution in [0.2, 0.25) is 10.0 Å². The van der Waals surface area contributed by atoms with Gasteiger partial charge in [-0.25, -0.2) is 4.39 Å². The van der Waals surface area contributed by atoms with Crippen LogP contribution in [0, 0.1) is 5.82 Å². The van der Waals surface area contributed by atoms with Gasteiger partial charge in [0.15, 0.2) is 0 Å². The van der Waals surface area contributed by atoms with Crippen LogP contribution in [0.25, 0.3) is 11.8 Å². The van der Waals surface area contributed by atoms with Gasteiger partial charge in [-0.05, 0) is 47.5 Å². The molecule has 138 valence electrons. The number of nitrogens with zero attached hydrogens (tertiary/aromatic N) is 1. The zero-order valence-corrected chi connectivity index (χ0v) is 16.1. The minimum Gasteiger partial charge on any atom is -0.273 e. The van der Waals surface area contributed by atoms with Crippen LogP contribution >= 0.6 is 23.2 Å². The standard InChI is InChI=1S/C23H14Cl2FNO/c24-18-11-10-16(19(25)14-18)12-17-13-22(15-6-2-1-3-7-15)27(23(17)28)21-9-5-4-8-20(21)26/h1-14H/b17-12+. The summed E-state index contributed by atoms with van der Waals surface area (Å²) in [5, 5.41) is 0.949. The van der Waals surface area contributed by atoms with Crippen LogP contribution in [0.3, 0.4) is 0 Å². The van der Waals surface area contributed by atoms with Gasteiger partial charge >= 0.3 is 0 Å². The topological polar surface area (TPSA) is 20.3 Å². The molecule has 0 unspecified atom stereocenters. The Hall–Kier alpha value is -2.88. The highest BCUT2D eigenvalue weighted by Crippen LogP contribution is 2.37. The second-order valence-electron chi connectivity index (χ2n) is 6.25. The van der Waals surface area contributed by atoms with Crippen molar-refractivity contribution in [1.82, 2.24) is 0 Å². The third-order valence-corrected chi connectivity index (χ3v) is 4.98. The van der Waals surface area contributed by atoms with E-state index in [2.05, 4.69) is 0 Å². The van der Waals surface area contributed by atoms with E-state index in [1.165, 1.54) is 11.0 Å². The fourth-order valence-corrected chi connectivity index (χ4v) is 3.56. The molecule has 0 aromatic heterocycles. The minimum absolute atomic E-state index is 0.202. The van der Waals surface area contributed by atoms with Crippen molar-refractivity contribution in [2.75, 3.05) is 4.90 Å². The van der Waals surface area contributed by atoms with Gasteiger partial charge < -0.3 is 0 Å². The van der Waals surface area contributed by atoms with Gasteiger partial charge in [-0.3, -0.25) is 9.69 Å². The molecule has 0 saturated carbocycles. The van der Waals surface area contributed by atoms with Gasteiger partial charge in [0.25, 0.3) is 5.91 Å². The van der Waals surface area contributed by atoms with Crippen LogP contribution < -0.4 is 4.90 Å². The third-order valence-electron chi connectivity index (χ3n) is 4.42. The van der Waals surface area contributed by atoms with Gasteiger partial charge in [-0.15, -0.1) is 0 Å². The number of para-hydroxylation sites is 1. The van der Waals surface area contributed by atoms with Gasteiger partial charge in [0.1, 0.15) is 5.82 Å². The van der Waals surface area contributed by atoms with Crippen LogP contribution in [0.4, 0.5) is 10.1 Å². The molecule has 3 aromatic carbocycles. The van der Waals surface area contributed by atoms with E-state index in [0.717, 1.165) is 5.56 Å². The second-order valence-corrected chi connectivity index (χ2v) is 7.10. The Labute approximate surface area is 172 Å². The highest BCUT2D eigenvalue weighted by atomic mass is 35.5. The molecule has 0 saturated heterocycles. The predicted octanol–water partition coefficient (Wildman–Crippen LogP) is 6.60. The summed E-state index contributed by atoms with van der Waals surface area (Å²) >= 11 is 12.2. The number of hydrogen-bond acceptors (Lipinski definition) is 1. The first-order chi connectivity index (χ1) is 13.5. The maximum Gasteiger partial charge on any atom is 0.263 e. The summed E-state index contributed by atoms with van der Waals surface area (Å²) in [6.45, 7) is 0. The molecule has 1 aliphatic rings. The van der Waals surface area contributed by atoms with Crippen molar-refractivity contribution < 1.29 is 9.18 Å². The molecule has 0 N–H and O–H groups in total. The van der Waals surface area contributed by atoms with E-state index in [-0.39, 0.29) is 11.6 Å². The lowest BCUT2D eigenvalue weighted by Gasteiger charge is -2.21. The molecule has 0 bridgehead atoms. The summed E-state index contributed by atoms with van der Waals surface area (Å²) in [7, 11) is 0. The summed E-state index contributed by atoms with van der Waals surface area (Å²) in [6, 6.07) is 20.7. The molecule has 3 aromatic rings. The van der Waals surface area contributed by atoms with Crippen molar-refractivity contribution in [2.24, 2.45) is 0 Å². The lowest BCUT2D eigenvalue weighted by atomic mass is 10.1. The van der Waals surface area contributed by atoms with Gasteiger partial charge in [-0.1, -0.05) is 71.7 Å². The molecule has 0 radical (unpaired) electrons. The molecule has 4 rings (SSSR count). The fraction of sp³-hybridized carbons (Fsp3) is 0. The van der Waals surface area contributed by atoms with E-state index in [1.54, 1.807) is 48.6 Å². The highest BCUT2D eigenvalue weighted by molar-refractivity contribution is 6.35. The van der Waals surface area contributed by atoms with E-state index in [0.29, 0.717) is 26.9 Å². The lowest BCUT2D eigenvalue weighted by Crippen LogP contribution is -2.25. The first-order valence-corrected chi connectivity index (χ1v) is 9.33. The molecule has 0 fully saturated rings. The number of rotatable bonds is 3. The van der Waals surface area contributed by atoms with Gasteiger partial charge in [0.2, 0.25) is 0 Å².